The molecule has 34 heavy (non-hydrogen) atoms. The number of aromatic hydroxyl groups is 2. The average Bonchev–Trinajstić information content (AvgIpc) is 2.85. The number of allylic oxidation sites excluding steroid dienone is 1. The summed E-state index contributed by atoms with van der Waals surface area (Å²) in [4.78, 5) is 2.24. The summed E-state index contributed by atoms with van der Waals surface area (Å²) in [7, 11) is 2.98. The van der Waals surface area contributed by atoms with Crippen molar-refractivity contribution in [3.8, 4) is 29.1 Å². The first-order valence-corrected chi connectivity index (χ1v) is 10.9. The van der Waals surface area contributed by atoms with Crippen molar-refractivity contribution in [3.05, 3.63) is 75.9 Å². The number of likely N-dealkylation sites (N-methyl/N-ethyl adjacent to an activating group) is 1. The number of methoxy groups -OCH3 is 2. The molecule has 1 unspecified atom stereocenters. The molecule has 0 amide bonds. The van der Waals surface area contributed by atoms with Gasteiger partial charge in [0.05, 0.1) is 20.1 Å². The van der Waals surface area contributed by atoms with Gasteiger partial charge in [-0.25, -0.2) is 0 Å². The smallest absolute Gasteiger partial charge is 0.205 e. The molecule has 8 heteroatoms. The zero-order valence-electron chi connectivity index (χ0n) is 19.3. The molecule has 0 fully saturated rings. The fraction of sp³-hybridized carbons (Fsp3) is 0.269. The van der Waals surface area contributed by atoms with Crippen molar-refractivity contribution in [2.45, 2.75) is 12.8 Å². The Morgan fingerprint density at radius 1 is 1.12 bits per heavy atom. The van der Waals surface area contributed by atoms with E-state index < -0.39 is 5.92 Å². The molecule has 0 saturated carbocycles. The highest BCUT2D eigenvalue weighted by Gasteiger charge is 2.37. The topological polar surface area (TPSA) is 121 Å². The number of ether oxygens (including phenoxy) is 3. The van der Waals surface area contributed by atoms with E-state index in [0.717, 1.165) is 28.8 Å². The van der Waals surface area contributed by atoms with Gasteiger partial charge in [-0.1, -0.05) is 19.1 Å². The van der Waals surface area contributed by atoms with E-state index in [1.807, 2.05) is 6.08 Å². The molecule has 8 nitrogen and oxygen atoms in total. The van der Waals surface area contributed by atoms with Crippen LogP contribution < -0.4 is 15.2 Å². The Balaban J connectivity index is 1.88. The number of hydrogen-bond donors (Lipinski definition) is 3. The first-order valence-electron chi connectivity index (χ1n) is 10.9. The van der Waals surface area contributed by atoms with Crippen LogP contribution in [0.5, 0.6) is 23.0 Å². The maximum absolute atomic E-state index is 10.1. The molecule has 0 bridgehead atoms. The van der Waals surface area contributed by atoms with Crippen molar-refractivity contribution in [1.82, 2.24) is 4.90 Å². The number of benzene rings is 2. The van der Waals surface area contributed by atoms with Gasteiger partial charge in [-0.2, -0.15) is 5.26 Å². The van der Waals surface area contributed by atoms with Gasteiger partial charge >= 0.3 is 0 Å². The predicted octanol–water partition coefficient (Wildman–Crippen LogP) is 3.60. The summed E-state index contributed by atoms with van der Waals surface area (Å²) in [5.41, 5.74) is 9.96. The second kappa shape index (κ2) is 9.41. The number of nitrogens with two attached hydrogens (primary N) is 1. The summed E-state index contributed by atoms with van der Waals surface area (Å²) in [5.74, 6) is 1.000. The van der Waals surface area contributed by atoms with Gasteiger partial charge in [0, 0.05) is 18.7 Å². The first kappa shape index (κ1) is 23.1. The Bertz CT molecular complexity index is 1260. The Morgan fingerprint density at radius 3 is 2.44 bits per heavy atom. The number of nitriles is 1. The highest BCUT2D eigenvalue weighted by atomic mass is 16.5. The quantitative estimate of drug-likeness (QED) is 0.618. The van der Waals surface area contributed by atoms with Crippen molar-refractivity contribution in [2.75, 3.05) is 33.9 Å². The number of hydrogen-bond acceptors (Lipinski definition) is 8. The molecule has 2 aliphatic rings. The minimum absolute atomic E-state index is 0.0173. The van der Waals surface area contributed by atoms with Crippen LogP contribution in [0.4, 0.5) is 0 Å². The van der Waals surface area contributed by atoms with Crippen LogP contribution in [0.1, 0.15) is 24.0 Å². The largest absolute Gasteiger partial charge is 0.504 e. The van der Waals surface area contributed by atoms with E-state index in [0.29, 0.717) is 35.9 Å². The molecule has 0 aliphatic carbocycles. The Morgan fingerprint density at radius 2 is 1.79 bits per heavy atom. The zero-order valence-corrected chi connectivity index (χ0v) is 19.3. The fourth-order valence-corrected chi connectivity index (χ4v) is 4.40. The van der Waals surface area contributed by atoms with Gasteiger partial charge in [-0.15, -0.1) is 0 Å². The molecule has 0 spiro atoms. The molecular weight excluding hydrogens is 434 g/mol. The predicted molar refractivity (Wildman–Crippen MR) is 127 cm³/mol. The van der Waals surface area contributed by atoms with E-state index in [4.69, 9.17) is 19.9 Å². The lowest BCUT2D eigenvalue weighted by Crippen LogP contribution is -2.38. The highest BCUT2D eigenvalue weighted by Crippen LogP contribution is 2.45. The third-order valence-corrected chi connectivity index (χ3v) is 6.14. The first-order chi connectivity index (χ1) is 16.4. The van der Waals surface area contributed by atoms with E-state index in [2.05, 4.69) is 17.9 Å². The van der Waals surface area contributed by atoms with Crippen molar-refractivity contribution in [1.29, 1.82) is 5.26 Å². The molecule has 4 N–H and O–H groups in total. The molecule has 0 saturated heterocycles. The summed E-state index contributed by atoms with van der Waals surface area (Å²) in [6.45, 7) is 4.08. The summed E-state index contributed by atoms with van der Waals surface area (Å²) in [6.07, 6.45) is 1.97. The van der Waals surface area contributed by atoms with Gasteiger partial charge in [0.25, 0.3) is 0 Å². The molecule has 0 aromatic heterocycles. The minimum atomic E-state index is -0.449. The Kier molecular flexibility index (Phi) is 6.39. The molecule has 2 aliphatic heterocycles. The van der Waals surface area contributed by atoms with Crippen LogP contribution in [0.2, 0.25) is 0 Å². The van der Waals surface area contributed by atoms with Crippen molar-refractivity contribution >= 4 is 6.08 Å². The van der Waals surface area contributed by atoms with Crippen LogP contribution in [-0.4, -0.2) is 49.0 Å². The maximum Gasteiger partial charge on any atom is 0.205 e. The van der Waals surface area contributed by atoms with Crippen LogP contribution in [0, 0.1) is 11.3 Å². The van der Waals surface area contributed by atoms with Crippen LogP contribution in [0.25, 0.3) is 6.08 Å². The lowest BCUT2D eigenvalue weighted by Gasteiger charge is -2.38. The molecule has 1 atom stereocenters. The standard InChI is InChI=1S/C26H27N3O5/c1-4-29-13-17(9-15-5-7-20(30)22(10-15)32-2)25-19(14-29)24(18(12-27)26(28)34-25)16-6-8-21(31)23(11-16)33-3/h5-11,24,30-31H,4,13-14,28H2,1-3H3/b17-9+. The Hall–Kier alpha value is -4.09. The van der Waals surface area contributed by atoms with Gasteiger partial charge in [0.15, 0.2) is 23.0 Å². The van der Waals surface area contributed by atoms with Gasteiger partial charge < -0.3 is 30.2 Å². The molecule has 4 rings (SSSR count). The average molecular weight is 462 g/mol. The molecular formula is C26H27N3O5. The third-order valence-electron chi connectivity index (χ3n) is 6.14. The molecule has 0 radical (unpaired) electrons. The monoisotopic (exact) mass is 461 g/mol. The number of phenolic OH excluding ortho intramolecular Hbond substituents is 2. The van der Waals surface area contributed by atoms with Crippen molar-refractivity contribution in [2.24, 2.45) is 5.73 Å². The third kappa shape index (κ3) is 4.14. The van der Waals surface area contributed by atoms with Gasteiger partial charge in [0.2, 0.25) is 5.88 Å². The minimum Gasteiger partial charge on any atom is -0.504 e. The van der Waals surface area contributed by atoms with Crippen molar-refractivity contribution in [3.63, 3.8) is 0 Å². The van der Waals surface area contributed by atoms with Gasteiger partial charge in [0.1, 0.15) is 17.4 Å². The normalized spacial score (nSPS) is 19.5. The van der Waals surface area contributed by atoms with E-state index in [1.54, 1.807) is 36.4 Å². The number of rotatable bonds is 5. The lowest BCUT2D eigenvalue weighted by molar-refractivity contribution is 0.239. The molecule has 2 heterocycles. The summed E-state index contributed by atoms with van der Waals surface area (Å²) >= 11 is 0. The molecule has 2 aromatic rings. The van der Waals surface area contributed by atoms with E-state index >= 15 is 0 Å². The second-order valence-corrected chi connectivity index (χ2v) is 8.11. The van der Waals surface area contributed by atoms with Gasteiger partial charge in [-0.3, -0.25) is 4.90 Å². The van der Waals surface area contributed by atoms with E-state index in [1.165, 1.54) is 14.2 Å². The lowest BCUT2D eigenvalue weighted by atomic mass is 9.80. The number of nitrogens with zero attached hydrogens (tertiary/aromatic N) is 2. The van der Waals surface area contributed by atoms with Crippen LogP contribution in [0.15, 0.2) is 64.8 Å². The fourth-order valence-electron chi connectivity index (χ4n) is 4.40. The molecule has 2 aromatic carbocycles. The van der Waals surface area contributed by atoms with Crippen molar-refractivity contribution < 1.29 is 24.4 Å². The molecule has 176 valence electrons. The highest BCUT2D eigenvalue weighted by molar-refractivity contribution is 5.65. The van der Waals surface area contributed by atoms with E-state index in [-0.39, 0.29) is 17.4 Å². The summed E-state index contributed by atoms with van der Waals surface area (Å²) in [6, 6.07) is 12.4. The second-order valence-electron chi connectivity index (χ2n) is 8.11. The maximum atomic E-state index is 10.1. The van der Waals surface area contributed by atoms with Crippen LogP contribution in [0.3, 0.4) is 0 Å². The van der Waals surface area contributed by atoms with E-state index in [9.17, 15) is 15.5 Å². The van der Waals surface area contributed by atoms with Gasteiger partial charge in [-0.05, 0) is 53.6 Å². The zero-order chi connectivity index (χ0) is 24.4. The number of phenols is 2. The van der Waals surface area contributed by atoms with Crippen LogP contribution in [-0.2, 0) is 4.74 Å². The summed E-state index contributed by atoms with van der Waals surface area (Å²) in [5, 5.41) is 30.0. The summed E-state index contributed by atoms with van der Waals surface area (Å²) < 4.78 is 16.6. The Labute approximate surface area is 198 Å². The van der Waals surface area contributed by atoms with Crippen LogP contribution >= 0.6 is 0 Å². The SMILES string of the molecule is CCN1CC2=C(OC(N)=C(C#N)C2c2ccc(O)c(OC)c2)/C(=C/c2ccc(O)c(OC)c2)C1.